The summed E-state index contributed by atoms with van der Waals surface area (Å²) in [6, 6.07) is 8.18. The number of fused-ring (bicyclic) bond motifs is 1. The summed E-state index contributed by atoms with van der Waals surface area (Å²) in [5, 5.41) is 4.01. The van der Waals surface area contributed by atoms with Gasteiger partial charge in [0.2, 0.25) is 11.8 Å². The number of amides is 2. The van der Waals surface area contributed by atoms with Gasteiger partial charge in [-0.15, -0.1) is 0 Å². The Morgan fingerprint density at radius 1 is 1.09 bits per heavy atom. The number of piperidine rings is 1. The Morgan fingerprint density at radius 3 is 2.50 bits per heavy atom. The number of H-pyrrole nitrogens is 1. The minimum Gasteiger partial charge on any atom is -0.361 e. The molecule has 7 nitrogen and oxygen atoms in total. The Balaban J connectivity index is 1.35. The lowest BCUT2D eigenvalue weighted by molar-refractivity contribution is -0.138. The van der Waals surface area contributed by atoms with Crippen LogP contribution in [0, 0.1) is 0 Å². The molecule has 0 radical (unpaired) electrons. The van der Waals surface area contributed by atoms with Crippen molar-refractivity contribution in [2.24, 2.45) is 0 Å². The summed E-state index contributed by atoms with van der Waals surface area (Å²) in [6.45, 7) is 10.6. The average Bonchev–Trinajstić information content (AvgIpc) is 3.22. The van der Waals surface area contributed by atoms with Crippen molar-refractivity contribution in [2.75, 3.05) is 45.8 Å². The first kappa shape index (κ1) is 22.8. The summed E-state index contributed by atoms with van der Waals surface area (Å²) in [6.07, 6.45) is 6.12. The second-order valence-electron chi connectivity index (χ2n) is 9.25. The van der Waals surface area contributed by atoms with Crippen molar-refractivity contribution in [1.82, 2.24) is 25.0 Å². The second kappa shape index (κ2) is 10.5. The smallest absolute Gasteiger partial charge is 0.245 e. The number of carbonyl (C=O) groups excluding carboxylic acids is 2. The number of carbonyl (C=O) groups is 2. The Morgan fingerprint density at radius 2 is 1.81 bits per heavy atom. The van der Waals surface area contributed by atoms with Crippen molar-refractivity contribution in [2.45, 2.75) is 51.6 Å². The van der Waals surface area contributed by atoms with Gasteiger partial charge in [0.25, 0.3) is 0 Å². The van der Waals surface area contributed by atoms with Gasteiger partial charge in [0.1, 0.15) is 6.04 Å². The van der Waals surface area contributed by atoms with E-state index in [4.69, 9.17) is 0 Å². The highest BCUT2D eigenvalue weighted by atomic mass is 16.2. The number of rotatable bonds is 7. The zero-order valence-corrected chi connectivity index (χ0v) is 19.5. The Labute approximate surface area is 191 Å². The lowest BCUT2D eigenvalue weighted by Gasteiger charge is -2.43. The van der Waals surface area contributed by atoms with Crippen molar-refractivity contribution in [3.8, 4) is 0 Å². The maximum atomic E-state index is 13.4. The molecule has 7 heteroatoms. The number of hydrogen-bond acceptors (Lipinski definition) is 4. The van der Waals surface area contributed by atoms with Gasteiger partial charge >= 0.3 is 0 Å². The number of nitrogens with zero attached hydrogens (tertiary/aromatic N) is 3. The fourth-order valence-electron chi connectivity index (χ4n) is 5.32. The zero-order valence-electron chi connectivity index (χ0n) is 19.5. The van der Waals surface area contributed by atoms with Gasteiger partial charge in [-0.25, -0.2) is 0 Å². The van der Waals surface area contributed by atoms with E-state index < -0.39 is 6.04 Å². The number of likely N-dealkylation sites (tertiary alicyclic amines) is 1. The van der Waals surface area contributed by atoms with Crippen LogP contribution in [-0.2, 0) is 16.0 Å². The monoisotopic (exact) mass is 439 g/mol. The lowest BCUT2D eigenvalue weighted by Crippen LogP contribution is -2.57. The van der Waals surface area contributed by atoms with Crippen molar-refractivity contribution in [3.05, 3.63) is 36.0 Å². The number of para-hydroxylation sites is 1. The molecule has 0 bridgehead atoms. The average molecular weight is 440 g/mol. The fourth-order valence-corrected chi connectivity index (χ4v) is 5.32. The number of benzene rings is 1. The van der Waals surface area contributed by atoms with E-state index in [1.54, 1.807) is 0 Å². The molecule has 174 valence electrons. The van der Waals surface area contributed by atoms with E-state index in [0.29, 0.717) is 12.5 Å². The number of aromatic amines is 1. The molecule has 1 aromatic carbocycles. The van der Waals surface area contributed by atoms with Crippen molar-refractivity contribution in [3.63, 3.8) is 0 Å². The van der Waals surface area contributed by atoms with E-state index in [9.17, 15) is 9.59 Å². The highest BCUT2D eigenvalue weighted by molar-refractivity contribution is 5.89. The van der Waals surface area contributed by atoms with Gasteiger partial charge in [-0.2, -0.15) is 0 Å². The summed E-state index contributed by atoms with van der Waals surface area (Å²) in [5.41, 5.74) is 2.11. The molecule has 2 aliphatic rings. The van der Waals surface area contributed by atoms with E-state index in [-0.39, 0.29) is 11.8 Å². The number of hydrogen-bond donors (Lipinski definition) is 2. The highest BCUT2D eigenvalue weighted by Gasteiger charge is 2.32. The van der Waals surface area contributed by atoms with Gasteiger partial charge < -0.3 is 20.1 Å². The molecule has 0 saturated carbocycles. The minimum absolute atomic E-state index is 0.0305. The van der Waals surface area contributed by atoms with Crippen molar-refractivity contribution >= 4 is 22.7 Å². The molecular formula is C25H37N5O2. The van der Waals surface area contributed by atoms with E-state index in [1.165, 1.54) is 45.8 Å². The Bertz CT molecular complexity index is 910. The minimum atomic E-state index is -0.532. The number of aromatic nitrogens is 1. The molecule has 2 saturated heterocycles. The quantitative estimate of drug-likeness (QED) is 0.694. The molecular weight excluding hydrogens is 402 g/mol. The van der Waals surface area contributed by atoms with Gasteiger partial charge in [0.15, 0.2) is 0 Å². The van der Waals surface area contributed by atoms with E-state index in [0.717, 1.165) is 42.6 Å². The second-order valence-corrected chi connectivity index (χ2v) is 9.25. The standard InChI is InChI=1S/C25H37N5O2/c1-3-10-28-11-8-21(9-12-28)29-13-15-30(16-14-29)25(32)24(27-19(2)31)17-20-18-26-23-7-5-4-6-22(20)23/h4-7,18,21,24,26H,3,8-17H2,1-2H3,(H,27,31). The van der Waals surface area contributed by atoms with Crippen molar-refractivity contribution in [1.29, 1.82) is 0 Å². The molecule has 2 aliphatic heterocycles. The molecule has 4 rings (SSSR count). The van der Waals surface area contributed by atoms with Crippen LogP contribution in [0.1, 0.15) is 38.7 Å². The largest absolute Gasteiger partial charge is 0.361 e. The third-order valence-corrected chi connectivity index (χ3v) is 7.01. The molecule has 3 heterocycles. The predicted molar refractivity (Wildman–Crippen MR) is 128 cm³/mol. The first-order chi connectivity index (χ1) is 15.5. The van der Waals surface area contributed by atoms with Gasteiger partial charge in [0, 0.05) is 62.7 Å². The van der Waals surface area contributed by atoms with Crippen LogP contribution in [-0.4, -0.2) is 89.4 Å². The molecule has 1 atom stereocenters. The van der Waals surface area contributed by atoms with E-state index in [2.05, 4.69) is 33.1 Å². The van der Waals surface area contributed by atoms with Crippen LogP contribution in [0.4, 0.5) is 0 Å². The van der Waals surface area contributed by atoms with Gasteiger partial charge in [-0.3, -0.25) is 14.5 Å². The fraction of sp³-hybridized carbons (Fsp3) is 0.600. The van der Waals surface area contributed by atoms with Crippen LogP contribution >= 0.6 is 0 Å². The first-order valence-electron chi connectivity index (χ1n) is 12.1. The maximum absolute atomic E-state index is 13.4. The Hall–Kier alpha value is -2.38. The summed E-state index contributed by atoms with van der Waals surface area (Å²) >= 11 is 0. The van der Waals surface area contributed by atoms with Crippen molar-refractivity contribution < 1.29 is 9.59 Å². The molecule has 2 aromatic rings. The summed E-state index contributed by atoms with van der Waals surface area (Å²) in [4.78, 5) is 35.6. The molecule has 2 fully saturated rings. The molecule has 0 aliphatic carbocycles. The Kier molecular flexibility index (Phi) is 7.48. The van der Waals surface area contributed by atoms with Gasteiger partial charge in [0.05, 0.1) is 0 Å². The molecule has 1 unspecified atom stereocenters. The topological polar surface area (TPSA) is 71.7 Å². The van der Waals surface area contributed by atoms with Crippen LogP contribution in [0.5, 0.6) is 0 Å². The van der Waals surface area contributed by atoms with Crippen LogP contribution < -0.4 is 5.32 Å². The van der Waals surface area contributed by atoms with Gasteiger partial charge in [-0.1, -0.05) is 25.1 Å². The molecule has 2 N–H and O–H groups in total. The van der Waals surface area contributed by atoms with E-state index in [1.807, 2.05) is 29.3 Å². The third kappa shape index (κ3) is 5.33. The SMILES string of the molecule is CCCN1CCC(N2CCN(C(=O)C(Cc3c[nH]c4ccccc34)NC(C)=O)CC2)CC1. The normalized spacial score (nSPS) is 19.9. The summed E-state index contributed by atoms with van der Waals surface area (Å²) in [7, 11) is 0. The lowest BCUT2D eigenvalue weighted by atomic mass is 10.0. The van der Waals surface area contributed by atoms with Crippen LogP contribution in [0.15, 0.2) is 30.5 Å². The van der Waals surface area contributed by atoms with Gasteiger partial charge in [-0.05, 0) is 50.5 Å². The first-order valence-corrected chi connectivity index (χ1v) is 12.1. The number of piperazine rings is 1. The predicted octanol–water partition coefficient (Wildman–Crippen LogP) is 2.23. The summed E-state index contributed by atoms with van der Waals surface area (Å²) in [5.74, 6) is -0.136. The maximum Gasteiger partial charge on any atom is 0.245 e. The van der Waals surface area contributed by atoms with E-state index >= 15 is 0 Å². The summed E-state index contributed by atoms with van der Waals surface area (Å²) < 4.78 is 0. The molecule has 32 heavy (non-hydrogen) atoms. The molecule has 1 aromatic heterocycles. The third-order valence-electron chi connectivity index (χ3n) is 7.01. The zero-order chi connectivity index (χ0) is 22.5. The molecule has 0 spiro atoms. The van der Waals surface area contributed by atoms with Crippen LogP contribution in [0.3, 0.4) is 0 Å². The highest BCUT2D eigenvalue weighted by Crippen LogP contribution is 2.21. The van der Waals surface area contributed by atoms with Crippen LogP contribution in [0.25, 0.3) is 10.9 Å². The van der Waals surface area contributed by atoms with Crippen LogP contribution in [0.2, 0.25) is 0 Å². The molecule has 2 amide bonds. The number of nitrogens with one attached hydrogen (secondary N) is 2.